The van der Waals surface area contributed by atoms with Crippen LogP contribution in [0.15, 0.2) is 34.4 Å². The second-order valence-corrected chi connectivity index (χ2v) is 2.91. The van der Waals surface area contributed by atoms with Crippen molar-refractivity contribution < 1.29 is 5.11 Å². The van der Waals surface area contributed by atoms with E-state index in [2.05, 4.69) is 6.58 Å². The Morgan fingerprint density at radius 1 is 1.40 bits per heavy atom. The topological polar surface area (TPSA) is 20.2 Å². The first-order valence-electron chi connectivity index (χ1n) is 2.72. The minimum Gasteiger partial charge on any atom is -0.383 e. The van der Waals surface area contributed by atoms with Crippen molar-refractivity contribution in [2.24, 2.45) is 0 Å². The van der Waals surface area contributed by atoms with Crippen LogP contribution < -0.4 is 0 Å². The highest BCUT2D eigenvalue weighted by Gasteiger charge is 2.15. The van der Waals surface area contributed by atoms with Crippen LogP contribution in [0.5, 0.6) is 0 Å². The number of aliphatic hydroxyl groups excluding tert-OH is 1. The summed E-state index contributed by atoms with van der Waals surface area (Å²) in [4.78, 5) is 0. The van der Waals surface area contributed by atoms with E-state index in [0.29, 0.717) is 15.6 Å². The molecule has 1 atom stereocenters. The molecule has 1 aliphatic rings. The fourth-order valence-corrected chi connectivity index (χ4v) is 1.26. The summed E-state index contributed by atoms with van der Waals surface area (Å²) in [6, 6.07) is 0. The third-order valence-electron chi connectivity index (χ3n) is 1.21. The number of hydrogen-bond donors (Lipinski definition) is 1. The van der Waals surface area contributed by atoms with Crippen LogP contribution in [0.4, 0.5) is 0 Å². The minimum absolute atomic E-state index is 0.317. The Morgan fingerprint density at radius 3 is 2.50 bits per heavy atom. The Kier molecular flexibility index (Phi) is 2.19. The molecule has 0 fully saturated rings. The van der Waals surface area contributed by atoms with Gasteiger partial charge in [0.05, 0.1) is 5.03 Å². The van der Waals surface area contributed by atoms with Crippen molar-refractivity contribution >= 4 is 23.2 Å². The van der Waals surface area contributed by atoms with Gasteiger partial charge in [-0.2, -0.15) is 0 Å². The quantitative estimate of drug-likeness (QED) is 0.601. The van der Waals surface area contributed by atoms with Crippen molar-refractivity contribution in [2.45, 2.75) is 6.10 Å². The predicted molar refractivity (Wildman–Crippen MR) is 43.0 cm³/mol. The lowest BCUT2D eigenvalue weighted by atomic mass is 10.1. The van der Waals surface area contributed by atoms with Crippen LogP contribution in [0.2, 0.25) is 0 Å². The molecule has 0 saturated heterocycles. The standard InChI is InChI=1S/C7H6Cl2O/c1-4-2-5(8)3-6(9)7(4)10/h2-3,7,10H,1H2. The molecule has 0 spiro atoms. The SMILES string of the molecule is C=C1C=C(Cl)C=C(Cl)C1O. The fourth-order valence-electron chi connectivity index (χ4n) is 0.685. The van der Waals surface area contributed by atoms with Gasteiger partial charge < -0.3 is 5.11 Å². The number of aliphatic hydroxyl groups is 1. The average Bonchev–Trinajstić information content (AvgIpc) is 1.82. The predicted octanol–water partition coefficient (Wildman–Crippen LogP) is 2.16. The molecule has 1 N–H and O–H groups in total. The summed E-state index contributed by atoms with van der Waals surface area (Å²) in [7, 11) is 0. The smallest absolute Gasteiger partial charge is 0.114 e. The molecule has 3 heteroatoms. The number of rotatable bonds is 0. The van der Waals surface area contributed by atoms with Crippen LogP contribution in [0, 0.1) is 0 Å². The summed E-state index contributed by atoms with van der Waals surface area (Å²) < 4.78 is 0. The highest BCUT2D eigenvalue weighted by molar-refractivity contribution is 6.35. The molecule has 0 radical (unpaired) electrons. The van der Waals surface area contributed by atoms with E-state index < -0.39 is 6.10 Å². The van der Waals surface area contributed by atoms with Gasteiger partial charge in [0, 0.05) is 5.03 Å². The first-order valence-corrected chi connectivity index (χ1v) is 3.48. The molecule has 1 rings (SSSR count). The van der Waals surface area contributed by atoms with E-state index in [0.717, 1.165) is 0 Å². The monoisotopic (exact) mass is 176 g/mol. The molecule has 0 heterocycles. The second-order valence-electron chi connectivity index (χ2n) is 2.04. The highest BCUT2D eigenvalue weighted by Crippen LogP contribution is 2.25. The summed E-state index contributed by atoms with van der Waals surface area (Å²) in [5, 5.41) is 9.98. The van der Waals surface area contributed by atoms with Crippen molar-refractivity contribution in [3.05, 3.63) is 34.4 Å². The zero-order valence-electron chi connectivity index (χ0n) is 5.14. The lowest BCUT2D eigenvalue weighted by molar-refractivity contribution is 0.258. The van der Waals surface area contributed by atoms with Crippen LogP contribution in [0.25, 0.3) is 0 Å². The molecule has 0 aromatic carbocycles. The molecule has 1 nitrogen and oxygen atoms in total. The van der Waals surface area contributed by atoms with E-state index in [1.807, 2.05) is 0 Å². The molecule has 10 heavy (non-hydrogen) atoms. The van der Waals surface area contributed by atoms with Gasteiger partial charge in [0.25, 0.3) is 0 Å². The first kappa shape index (κ1) is 7.86. The molecular weight excluding hydrogens is 171 g/mol. The Balaban J connectivity index is 2.95. The van der Waals surface area contributed by atoms with E-state index in [1.54, 1.807) is 6.08 Å². The van der Waals surface area contributed by atoms with Gasteiger partial charge in [-0.15, -0.1) is 0 Å². The van der Waals surface area contributed by atoms with Crippen LogP contribution in [0.1, 0.15) is 0 Å². The van der Waals surface area contributed by atoms with Crippen molar-refractivity contribution in [1.82, 2.24) is 0 Å². The van der Waals surface area contributed by atoms with E-state index in [9.17, 15) is 0 Å². The number of allylic oxidation sites excluding steroid dienone is 2. The van der Waals surface area contributed by atoms with Gasteiger partial charge in [-0.05, 0) is 17.7 Å². The lowest BCUT2D eigenvalue weighted by Crippen LogP contribution is -2.10. The lowest BCUT2D eigenvalue weighted by Gasteiger charge is -2.13. The largest absolute Gasteiger partial charge is 0.383 e. The van der Waals surface area contributed by atoms with Crippen LogP contribution in [0.3, 0.4) is 0 Å². The Hall–Kier alpha value is -0.240. The Morgan fingerprint density at radius 2 is 2.00 bits per heavy atom. The average molecular weight is 177 g/mol. The molecule has 0 bridgehead atoms. The van der Waals surface area contributed by atoms with Crippen molar-refractivity contribution in [3.8, 4) is 0 Å². The second kappa shape index (κ2) is 2.79. The summed E-state index contributed by atoms with van der Waals surface area (Å²) in [5.74, 6) is 0. The third-order valence-corrected chi connectivity index (χ3v) is 1.75. The molecule has 0 saturated carbocycles. The summed E-state index contributed by atoms with van der Waals surface area (Å²) >= 11 is 11.2. The minimum atomic E-state index is -0.774. The third kappa shape index (κ3) is 1.43. The van der Waals surface area contributed by atoms with Crippen LogP contribution >= 0.6 is 23.2 Å². The number of hydrogen-bond acceptors (Lipinski definition) is 1. The van der Waals surface area contributed by atoms with Gasteiger partial charge in [0.15, 0.2) is 0 Å². The zero-order chi connectivity index (χ0) is 7.72. The molecule has 0 aromatic heterocycles. The normalized spacial score (nSPS) is 25.9. The highest BCUT2D eigenvalue weighted by atomic mass is 35.5. The van der Waals surface area contributed by atoms with Gasteiger partial charge in [0.2, 0.25) is 0 Å². The fraction of sp³-hybridized carbons (Fsp3) is 0.143. The van der Waals surface area contributed by atoms with Gasteiger partial charge >= 0.3 is 0 Å². The van der Waals surface area contributed by atoms with Crippen molar-refractivity contribution in [3.63, 3.8) is 0 Å². The maximum atomic E-state index is 9.16. The number of halogens is 2. The van der Waals surface area contributed by atoms with Crippen LogP contribution in [-0.4, -0.2) is 11.2 Å². The molecule has 1 unspecified atom stereocenters. The molecule has 0 amide bonds. The van der Waals surface area contributed by atoms with Gasteiger partial charge in [-0.3, -0.25) is 0 Å². The molecule has 54 valence electrons. The molecule has 0 aromatic rings. The summed E-state index contributed by atoms with van der Waals surface area (Å²) in [6.07, 6.45) is 2.31. The molecule has 0 aliphatic heterocycles. The maximum Gasteiger partial charge on any atom is 0.114 e. The van der Waals surface area contributed by atoms with E-state index in [1.165, 1.54) is 6.08 Å². The van der Waals surface area contributed by atoms with Gasteiger partial charge in [0.1, 0.15) is 6.10 Å². The Labute approximate surface area is 69.3 Å². The van der Waals surface area contributed by atoms with E-state index in [-0.39, 0.29) is 0 Å². The summed E-state index contributed by atoms with van der Waals surface area (Å²) in [6.45, 7) is 3.56. The molecular formula is C7H6Cl2O. The first-order chi connectivity index (χ1) is 4.61. The van der Waals surface area contributed by atoms with Crippen molar-refractivity contribution in [2.75, 3.05) is 0 Å². The van der Waals surface area contributed by atoms with Gasteiger partial charge in [-0.25, -0.2) is 0 Å². The zero-order valence-corrected chi connectivity index (χ0v) is 6.65. The maximum absolute atomic E-state index is 9.16. The van der Waals surface area contributed by atoms with Crippen molar-refractivity contribution in [1.29, 1.82) is 0 Å². The van der Waals surface area contributed by atoms with Crippen LogP contribution in [-0.2, 0) is 0 Å². The van der Waals surface area contributed by atoms with E-state index >= 15 is 0 Å². The van der Waals surface area contributed by atoms with E-state index in [4.69, 9.17) is 28.3 Å². The Bertz CT molecular complexity index is 228. The molecule has 1 aliphatic carbocycles. The van der Waals surface area contributed by atoms with Gasteiger partial charge in [-0.1, -0.05) is 29.8 Å². The summed E-state index contributed by atoms with van der Waals surface area (Å²) in [5.41, 5.74) is 0.525.